The van der Waals surface area contributed by atoms with Gasteiger partial charge in [-0.3, -0.25) is 4.79 Å². The topological polar surface area (TPSA) is 58.1 Å². The summed E-state index contributed by atoms with van der Waals surface area (Å²) in [6, 6.07) is 8.47. The number of aromatic nitrogens is 2. The monoisotopic (exact) mass is 322 g/mol. The number of benzene rings is 1. The zero-order valence-corrected chi connectivity index (χ0v) is 14.2. The van der Waals surface area contributed by atoms with Crippen molar-refractivity contribution in [1.82, 2.24) is 9.97 Å². The maximum atomic E-state index is 11.2. The highest BCUT2D eigenvalue weighted by Gasteiger charge is 2.29. The van der Waals surface area contributed by atoms with Crippen LogP contribution in [0.1, 0.15) is 37.9 Å². The van der Waals surface area contributed by atoms with Gasteiger partial charge in [-0.05, 0) is 44.7 Å². The van der Waals surface area contributed by atoms with Crippen molar-refractivity contribution in [1.29, 1.82) is 0 Å². The smallest absolute Gasteiger partial charge is 0.226 e. The Morgan fingerprint density at radius 3 is 2.62 bits per heavy atom. The van der Waals surface area contributed by atoms with Gasteiger partial charge in [0.2, 0.25) is 11.9 Å². The first-order valence-electron chi connectivity index (χ1n) is 8.66. The molecule has 1 fully saturated rings. The lowest BCUT2D eigenvalue weighted by Gasteiger charge is -2.39. The molecule has 2 heterocycles. The van der Waals surface area contributed by atoms with Crippen LogP contribution in [0.15, 0.2) is 24.3 Å². The van der Waals surface area contributed by atoms with E-state index in [1.165, 1.54) is 24.6 Å². The molecule has 2 aliphatic rings. The molecule has 0 radical (unpaired) electrons. The fourth-order valence-corrected chi connectivity index (χ4v) is 3.51. The van der Waals surface area contributed by atoms with Crippen LogP contribution in [0.4, 0.5) is 11.6 Å². The van der Waals surface area contributed by atoms with E-state index in [1.807, 2.05) is 24.3 Å². The molecule has 1 aromatic carbocycles. The molecule has 1 N–H and O–H groups in total. The van der Waals surface area contributed by atoms with Crippen molar-refractivity contribution < 1.29 is 4.79 Å². The lowest BCUT2D eigenvalue weighted by molar-refractivity contribution is -0.114. The molecule has 5 heteroatoms. The van der Waals surface area contributed by atoms with E-state index >= 15 is 0 Å². The van der Waals surface area contributed by atoms with E-state index in [0.717, 1.165) is 48.7 Å². The number of hydrogen-bond acceptors (Lipinski definition) is 4. The van der Waals surface area contributed by atoms with Crippen LogP contribution in [0.5, 0.6) is 0 Å². The molecule has 5 nitrogen and oxygen atoms in total. The molecule has 1 aliphatic carbocycles. The van der Waals surface area contributed by atoms with E-state index in [1.54, 1.807) is 0 Å². The van der Waals surface area contributed by atoms with Crippen molar-refractivity contribution in [3.63, 3.8) is 0 Å². The average Bonchev–Trinajstić information content (AvgIpc) is 3.01. The highest BCUT2D eigenvalue weighted by molar-refractivity contribution is 5.89. The maximum Gasteiger partial charge on any atom is 0.226 e. The lowest BCUT2D eigenvalue weighted by atomic mass is 10.0. The molecule has 1 aromatic heterocycles. The Morgan fingerprint density at radius 2 is 2.00 bits per heavy atom. The molecule has 0 bridgehead atoms. The number of amides is 1. The number of nitrogens with one attached hydrogen (secondary N) is 1. The molecular formula is C19H22N4O. The number of hydrogen-bond donors (Lipinski definition) is 1. The molecule has 4 rings (SSSR count). The number of carbonyl (C=O) groups excluding carboxylic acids is 1. The molecule has 1 atom stereocenters. The van der Waals surface area contributed by atoms with Gasteiger partial charge in [0.1, 0.15) is 0 Å². The Morgan fingerprint density at radius 1 is 1.21 bits per heavy atom. The van der Waals surface area contributed by atoms with Crippen LogP contribution < -0.4 is 10.2 Å². The van der Waals surface area contributed by atoms with Gasteiger partial charge in [-0.1, -0.05) is 12.1 Å². The van der Waals surface area contributed by atoms with Gasteiger partial charge in [-0.15, -0.1) is 0 Å². The largest absolute Gasteiger partial charge is 0.338 e. The second-order valence-electron chi connectivity index (χ2n) is 6.74. The van der Waals surface area contributed by atoms with E-state index in [4.69, 9.17) is 9.97 Å². The van der Waals surface area contributed by atoms with Crippen molar-refractivity contribution in [2.45, 2.75) is 45.6 Å². The van der Waals surface area contributed by atoms with Crippen LogP contribution in [0.25, 0.3) is 11.3 Å². The number of anilines is 2. The van der Waals surface area contributed by atoms with Crippen molar-refractivity contribution in [2.24, 2.45) is 0 Å². The van der Waals surface area contributed by atoms with Crippen LogP contribution in [-0.4, -0.2) is 28.5 Å². The third-order valence-electron chi connectivity index (χ3n) is 4.98. The summed E-state index contributed by atoms with van der Waals surface area (Å²) in [5, 5.41) is 2.81. The van der Waals surface area contributed by atoms with Gasteiger partial charge >= 0.3 is 0 Å². The molecule has 2 aromatic rings. The highest BCUT2D eigenvalue weighted by atomic mass is 16.1. The summed E-state index contributed by atoms with van der Waals surface area (Å²) in [5.41, 5.74) is 5.47. The molecule has 0 spiro atoms. The standard InChI is InChI=1S/C19H22N4O/c1-12-10-11-23(12)19-21-17-5-3-4-16(17)18(22-19)14-6-8-15(9-7-14)20-13(2)24/h6-9,12H,3-5,10-11H2,1-2H3,(H,20,24)/t12-/m0/s1. The predicted molar refractivity (Wildman–Crippen MR) is 95.2 cm³/mol. The molecule has 0 saturated carbocycles. The fraction of sp³-hybridized carbons (Fsp3) is 0.421. The third-order valence-corrected chi connectivity index (χ3v) is 4.98. The summed E-state index contributed by atoms with van der Waals surface area (Å²) >= 11 is 0. The zero-order chi connectivity index (χ0) is 16.7. The summed E-state index contributed by atoms with van der Waals surface area (Å²) in [6.07, 6.45) is 4.46. The first kappa shape index (κ1) is 15.1. The van der Waals surface area contributed by atoms with Gasteiger partial charge in [0, 0.05) is 42.0 Å². The van der Waals surface area contributed by atoms with Gasteiger partial charge < -0.3 is 10.2 Å². The quantitative estimate of drug-likeness (QED) is 0.943. The average molecular weight is 322 g/mol. The Kier molecular flexibility index (Phi) is 3.71. The third kappa shape index (κ3) is 2.64. The summed E-state index contributed by atoms with van der Waals surface area (Å²) in [5.74, 6) is 0.815. The first-order chi connectivity index (χ1) is 11.6. The van der Waals surface area contributed by atoms with Gasteiger partial charge in [-0.25, -0.2) is 9.97 Å². The van der Waals surface area contributed by atoms with Gasteiger partial charge in [0.25, 0.3) is 0 Å². The Hall–Kier alpha value is -2.43. The van der Waals surface area contributed by atoms with E-state index in [0.29, 0.717) is 6.04 Å². The fourth-order valence-electron chi connectivity index (χ4n) is 3.51. The van der Waals surface area contributed by atoms with E-state index in [9.17, 15) is 4.79 Å². The minimum absolute atomic E-state index is 0.0558. The molecule has 1 saturated heterocycles. The molecule has 1 aliphatic heterocycles. The van der Waals surface area contributed by atoms with E-state index in [-0.39, 0.29) is 5.91 Å². The minimum Gasteiger partial charge on any atom is -0.338 e. The molecule has 1 amide bonds. The highest BCUT2D eigenvalue weighted by Crippen LogP contribution is 2.34. The summed E-state index contributed by atoms with van der Waals surface area (Å²) in [6.45, 7) is 4.79. The van der Waals surface area contributed by atoms with E-state index in [2.05, 4.69) is 17.1 Å². The summed E-state index contributed by atoms with van der Waals surface area (Å²) < 4.78 is 0. The lowest BCUT2D eigenvalue weighted by Crippen LogP contribution is -2.46. The Labute approximate surface area is 142 Å². The number of carbonyl (C=O) groups is 1. The van der Waals surface area contributed by atoms with Crippen molar-refractivity contribution in [2.75, 3.05) is 16.8 Å². The number of nitrogens with zero attached hydrogens (tertiary/aromatic N) is 3. The Balaban J connectivity index is 1.72. The van der Waals surface area contributed by atoms with Crippen molar-refractivity contribution in [3.8, 4) is 11.3 Å². The minimum atomic E-state index is -0.0558. The second kappa shape index (κ2) is 5.89. The molecule has 124 valence electrons. The van der Waals surface area contributed by atoms with Crippen LogP contribution in [0.3, 0.4) is 0 Å². The van der Waals surface area contributed by atoms with Crippen LogP contribution in [-0.2, 0) is 17.6 Å². The van der Waals surface area contributed by atoms with Gasteiger partial charge in [0.05, 0.1) is 5.69 Å². The number of rotatable bonds is 3. The summed E-state index contributed by atoms with van der Waals surface area (Å²) in [7, 11) is 0. The molecular weight excluding hydrogens is 300 g/mol. The van der Waals surface area contributed by atoms with Gasteiger partial charge in [-0.2, -0.15) is 0 Å². The molecule has 24 heavy (non-hydrogen) atoms. The Bertz CT molecular complexity index is 785. The van der Waals surface area contributed by atoms with Crippen LogP contribution in [0.2, 0.25) is 0 Å². The number of fused-ring (bicyclic) bond motifs is 1. The second-order valence-corrected chi connectivity index (χ2v) is 6.74. The van der Waals surface area contributed by atoms with Crippen LogP contribution in [0, 0.1) is 0 Å². The first-order valence-corrected chi connectivity index (χ1v) is 8.66. The SMILES string of the molecule is CC(=O)Nc1ccc(-c2nc(N3CC[C@@H]3C)nc3c2CCC3)cc1. The van der Waals surface area contributed by atoms with E-state index < -0.39 is 0 Å². The molecule has 0 unspecified atom stereocenters. The zero-order valence-electron chi connectivity index (χ0n) is 14.2. The van der Waals surface area contributed by atoms with Crippen molar-refractivity contribution >= 4 is 17.5 Å². The van der Waals surface area contributed by atoms with Gasteiger partial charge in [0.15, 0.2) is 0 Å². The normalized spacial score (nSPS) is 18.9. The number of aryl methyl sites for hydroxylation is 1. The maximum absolute atomic E-state index is 11.2. The predicted octanol–water partition coefficient (Wildman–Crippen LogP) is 3.19. The van der Waals surface area contributed by atoms with Crippen molar-refractivity contribution in [3.05, 3.63) is 35.5 Å². The van der Waals surface area contributed by atoms with Crippen LogP contribution >= 0.6 is 0 Å². The summed E-state index contributed by atoms with van der Waals surface area (Å²) in [4.78, 5) is 23.2.